The van der Waals surface area contributed by atoms with Gasteiger partial charge in [0.25, 0.3) is 0 Å². The fourth-order valence-corrected chi connectivity index (χ4v) is 2.65. The summed E-state index contributed by atoms with van der Waals surface area (Å²) in [6.07, 6.45) is 1.73. The highest BCUT2D eigenvalue weighted by molar-refractivity contribution is 5.46. The minimum atomic E-state index is -0.0913. The molecule has 2 rings (SSSR count). The molecule has 2 atom stereocenters. The summed E-state index contributed by atoms with van der Waals surface area (Å²) in [5, 5.41) is 0. The third-order valence-electron chi connectivity index (χ3n) is 3.89. The molecular formula is C13H23N5. The highest BCUT2D eigenvalue weighted by atomic mass is 15.3. The van der Waals surface area contributed by atoms with Crippen LogP contribution < -0.4 is 11.5 Å². The van der Waals surface area contributed by atoms with Crippen molar-refractivity contribution in [3.63, 3.8) is 0 Å². The van der Waals surface area contributed by atoms with E-state index < -0.39 is 0 Å². The van der Waals surface area contributed by atoms with Crippen molar-refractivity contribution < 1.29 is 0 Å². The van der Waals surface area contributed by atoms with Gasteiger partial charge in [0.1, 0.15) is 5.82 Å². The minimum absolute atomic E-state index is 0.0913. The van der Waals surface area contributed by atoms with Crippen LogP contribution in [0, 0.1) is 6.92 Å². The van der Waals surface area contributed by atoms with Gasteiger partial charge in [0, 0.05) is 37.4 Å². The van der Waals surface area contributed by atoms with Gasteiger partial charge in [0.15, 0.2) is 0 Å². The van der Waals surface area contributed by atoms with Crippen molar-refractivity contribution >= 4 is 5.82 Å². The van der Waals surface area contributed by atoms with Gasteiger partial charge in [-0.25, -0.2) is 4.98 Å². The molecule has 1 aliphatic rings. The van der Waals surface area contributed by atoms with Crippen molar-refractivity contribution in [3.05, 3.63) is 23.4 Å². The van der Waals surface area contributed by atoms with Crippen LogP contribution in [0.15, 0.2) is 12.3 Å². The monoisotopic (exact) mass is 249 g/mol. The van der Waals surface area contributed by atoms with E-state index in [1.54, 1.807) is 6.20 Å². The molecular weight excluding hydrogens is 226 g/mol. The molecule has 0 bridgehead atoms. The van der Waals surface area contributed by atoms with E-state index in [4.69, 9.17) is 11.5 Å². The largest absolute Gasteiger partial charge is 0.383 e. The Bertz CT molecular complexity index is 400. The molecule has 1 saturated heterocycles. The molecule has 0 aliphatic carbocycles. The molecule has 0 saturated carbocycles. The van der Waals surface area contributed by atoms with Crippen LogP contribution in [-0.4, -0.2) is 54.6 Å². The maximum atomic E-state index is 6.44. The normalized spacial score (nSPS) is 24.1. The lowest BCUT2D eigenvalue weighted by Crippen LogP contribution is -2.54. The second-order valence-electron chi connectivity index (χ2n) is 5.26. The van der Waals surface area contributed by atoms with Crippen LogP contribution >= 0.6 is 0 Å². The first-order valence-corrected chi connectivity index (χ1v) is 6.36. The third-order valence-corrected chi connectivity index (χ3v) is 3.89. The third kappa shape index (κ3) is 2.48. The summed E-state index contributed by atoms with van der Waals surface area (Å²) in [6.45, 7) is 5.13. The van der Waals surface area contributed by atoms with Gasteiger partial charge < -0.3 is 16.4 Å². The molecule has 4 N–H and O–H groups in total. The van der Waals surface area contributed by atoms with Crippen molar-refractivity contribution in [2.45, 2.75) is 19.0 Å². The zero-order valence-corrected chi connectivity index (χ0v) is 11.4. The Hall–Kier alpha value is -1.17. The number of rotatable bonds is 2. The number of nitrogens with two attached hydrogens (primary N) is 2. The zero-order valence-electron chi connectivity index (χ0n) is 11.4. The molecule has 5 heteroatoms. The van der Waals surface area contributed by atoms with E-state index >= 15 is 0 Å². The summed E-state index contributed by atoms with van der Waals surface area (Å²) in [6, 6.07) is 2.17. The highest BCUT2D eigenvalue weighted by Crippen LogP contribution is 2.26. The predicted molar refractivity (Wildman–Crippen MR) is 74.2 cm³/mol. The summed E-state index contributed by atoms with van der Waals surface area (Å²) >= 11 is 0. The molecule has 2 heterocycles. The molecule has 5 nitrogen and oxygen atoms in total. The number of aryl methyl sites for hydroxylation is 1. The van der Waals surface area contributed by atoms with E-state index in [2.05, 4.69) is 28.9 Å². The van der Waals surface area contributed by atoms with Crippen LogP contribution in [0.25, 0.3) is 0 Å². The number of nitrogen functional groups attached to an aromatic ring is 1. The van der Waals surface area contributed by atoms with Gasteiger partial charge in [-0.05, 0) is 32.6 Å². The molecule has 0 spiro atoms. The number of hydrogen-bond donors (Lipinski definition) is 2. The van der Waals surface area contributed by atoms with Gasteiger partial charge >= 0.3 is 0 Å². The summed E-state index contributed by atoms with van der Waals surface area (Å²) < 4.78 is 0. The van der Waals surface area contributed by atoms with Gasteiger partial charge in [-0.15, -0.1) is 0 Å². The number of nitrogens with zero attached hydrogens (tertiary/aromatic N) is 3. The number of hydrogen-bond acceptors (Lipinski definition) is 5. The summed E-state index contributed by atoms with van der Waals surface area (Å²) in [5.74, 6) is 0.559. The number of anilines is 1. The Labute approximate surface area is 109 Å². The van der Waals surface area contributed by atoms with Crippen LogP contribution in [0.2, 0.25) is 0 Å². The molecule has 2 unspecified atom stereocenters. The van der Waals surface area contributed by atoms with E-state index in [0.717, 1.165) is 30.8 Å². The summed E-state index contributed by atoms with van der Waals surface area (Å²) in [5.41, 5.74) is 14.5. The molecule has 100 valence electrons. The number of likely N-dealkylation sites (N-methyl/N-ethyl adjacent to an activating group) is 2. The molecule has 1 aromatic heterocycles. The lowest BCUT2D eigenvalue weighted by atomic mass is 9.94. The minimum Gasteiger partial charge on any atom is -0.383 e. The Morgan fingerprint density at radius 1 is 1.39 bits per heavy atom. The smallest absolute Gasteiger partial charge is 0.128 e. The van der Waals surface area contributed by atoms with Crippen molar-refractivity contribution in [2.75, 3.05) is 39.5 Å². The van der Waals surface area contributed by atoms with Crippen LogP contribution in [-0.2, 0) is 0 Å². The second kappa shape index (κ2) is 5.22. The van der Waals surface area contributed by atoms with Crippen LogP contribution in [0.3, 0.4) is 0 Å². The Kier molecular flexibility index (Phi) is 3.85. The quantitative estimate of drug-likeness (QED) is 0.784. The summed E-state index contributed by atoms with van der Waals surface area (Å²) in [7, 11) is 4.26. The van der Waals surface area contributed by atoms with Crippen LogP contribution in [0.5, 0.6) is 0 Å². The Morgan fingerprint density at radius 3 is 2.78 bits per heavy atom. The Morgan fingerprint density at radius 2 is 2.11 bits per heavy atom. The van der Waals surface area contributed by atoms with Crippen LogP contribution in [0.1, 0.15) is 17.2 Å². The number of aromatic nitrogens is 1. The second-order valence-corrected chi connectivity index (χ2v) is 5.26. The van der Waals surface area contributed by atoms with Gasteiger partial charge in [0.2, 0.25) is 0 Å². The summed E-state index contributed by atoms with van der Waals surface area (Å²) in [4.78, 5) is 8.79. The maximum Gasteiger partial charge on any atom is 0.128 e. The molecule has 0 radical (unpaired) electrons. The molecule has 1 fully saturated rings. The Balaban J connectivity index is 2.27. The van der Waals surface area contributed by atoms with Crippen molar-refractivity contribution in [3.8, 4) is 0 Å². The van der Waals surface area contributed by atoms with E-state index in [0.29, 0.717) is 5.82 Å². The standard InChI is InChI=1S/C13H23N5/c1-9-4-5-16-13(15)11(9)12(14)10-8-17(2)6-7-18(10)3/h4-5,10,12H,6-8,14H2,1-3H3,(H2,15,16). The van der Waals surface area contributed by atoms with Gasteiger partial charge in [0.05, 0.1) is 6.04 Å². The van der Waals surface area contributed by atoms with Gasteiger partial charge in [-0.2, -0.15) is 0 Å². The van der Waals surface area contributed by atoms with Crippen molar-refractivity contribution in [1.29, 1.82) is 0 Å². The zero-order chi connectivity index (χ0) is 13.3. The average Bonchev–Trinajstić information content (AvgIpc) is 2.32. The van der Waals surface area contributed by atoms with Crippen molar-refractivity contribution in [1.82, 2.24) is 14.8 Å². The maximum absolute atomic E-state index is 6.44. The predicted octanol–water partition coefficient (Wildman–Crippen LogP) is 0.218. The van der Waals surface area contributed by atoms with Crippen molar-refractivity contribution in [2.24, 2.45) is 5.73 Å². The molecule has 1 aliphatic heterocycles. The SMILES string of the molecule is Cc1ccnc(N)c1C(N)C1CN(C)CCN1C. The van der Waals surface area contributed by atoms with E-state index in [1.165, 1.54) is 0 Å². The van der Waals surface area contributed by atoms with E-state index in [-0.39, 0.29) is 12.1 Å². The molecule has 1 aromatic rings. The fourth-order valence-electron chi connectivity index (χ4n) is 2.65. The molecule has 0 amide bonds. The first-order chi connectivity index (χ1) is 8.50. The van der Waals surface area contributed by atoms with Crippen LogP contribution in [0.4, 0.5) is 5.82 Å². The molecule has 0 aromatic carbocycles. The fraction of sp³-hybridized carbons (Fsp3) is 0.615. The lowest BCUT2D eigenvalue weighted by Gasteiger charge is -2.41. The van der Waals surface area contributed by atoms with Gasteiger partial charge in [-0.3, -0.25) is 4.90 Å². The van der Waals surface area contributed by atoms with E-state index in [9.17, 15) is 0 Å². The number of pyridine rings is 1. The first-order valence-electron chi connectivity index (χ1n) is 6.36. The average molecular weight is 249 g/mol. The van der Waals surface area contributed by atoms with Gasteiger partial charge in [-0.1, -0.05) is 0 Å². The number of piperazine rings is 1. The lowest BCUT2D eigenvalue weighted by molar-refractivity contribution is 0.0973. The first kappa shape index (κ1) is 13.3. The van der Waals surface area contributed by atoms with E-state index in [1.807, 2.05) is 13.0 Å². The molecule has 18 heavy (non-hydrogen) atoms. The highest BCUT2D eigenvalue weighted by Gasteiger charge is 2.30. The topological polar surface area (TPSA) is 71.4 Å².